The fraction of sp³-hybridized carbons (Fsp3) is 0.227. The van der Waals surface area contributed by atoms with Crippen LogP contribution in [0.5, 0.6) is 0 Å². The summed E-state index contributed by atoms with van der Waals surface area (Å²) in [5, 5.41) is 26.6. The lowest BCUT2D eigenvalue weighted by atomic mass is 10.0. The van der Waals surface area contributed by atoms with Gasteiger partial charge in [0.2, 0.25) is 0 Å². The highest BCUT2D eigenvalue weighted by Crippen LogP contribution is 2.32. The van der Waals surface area contributed by atoms with Crippen molar-refractivity contribution in [3.63, 3.8) is 0 Å². The van der Waals surface area contributed by atoms with Crippen LogP contribution in [0.15, 0.2) is 49.2 Å². The number of pyridine rings is 2. The number of fused-ring (bicyclic) bond motifs is 1. The number of nitriles is 1. The zero-order valence-corrected chi connectivity index (χ0v) is 17.7. The monoisotopic (exact) mass is 464 g/mol. The van der Waals surface area contributed by atoms with Crippen LogP contribution in [-0.2, 0) is 0 Å². The summed E-state index contributed by atoms with van der Waals surface area (Å²) in [6, 6.07) is 7.64. The van der Waals surface area contributed by atoms with Gasteiger partial charge in [-0.2, -0.15) is 24.2 Å². The van der Waals surface area contributed by atoms with E-state index in [9.17, 15) is 18.8 Å². The summed E-state index contributed by atoms with van der Waals surface area (Å²) in [5.74, 6) is 0.716. The maximum atomic E-state index is 13.0. The summed E-state index contributed by atoms with van der Waals surface area (Å²) in [6.07, 6.45) is 6.46. The summed E-state index contributed by atoms with van der Waals surface area (Å²) in [7, 11) is 0. The molecule has 0 aromatic carbocycles. The maximum Gasteiger partial charge on any atom is 0.407 e. The first-order valence-corrected chi connectivity index (χ1v) is 10.4. The number of carbonyl (C=O) groups is 1. The Kier molecular flexibility index (Phi) is 5.29. The lowest BCUT2D eigenvalue weighted by molar-refractivity contribution is 0.0566. The highest BCUT2D eigenvalue weighted by Gasteiger charge is 2.22. The number of aromatic nitrogens is 5. The van der Waals surface area contributed by atoms with Crippen LogP contribution in [0.3, 0.4) is 0 Å². The highest BCUT2D eigenvalue weighted by molar-refractivity contribution is 5.87. The van der Waals surface area contributed by atoms with Crippen molar-refractivity contribution < 1.29 is 18.7 Å². The SMILES string of the molecule is N#Cc1cnn2cc(-c3cnn(C(F)F)c3)cc(-c3ccc(N4CCN(C(=O)O)CC4)nc3)c12. The second kappa shape index (κ2) is 8.43. The number of amides is 1. The Morgan fingerprint density at radius 3 is 2.44 bits per heavy atom. The normalized spacial score (nSPS) is 14.1. The fourth-order valence-electron chi connectivity index (χ4n) is 4.03. The third-order valence-corrected chi connectivity index (χ3v) is 5.80. The molecule has 10 nitrogen and oxygen atoms in total. The molecule has 34 heavy (non-hydrogen) atoms. The molecule has 1 saturated heterocycles. The van der Waals surface area contributed by atoms with E-state index in [1.165, 1.54) is 23.5 Å². The second-order valence-corrected chi connectivity index (χ2v) is 7.75. The average Bonchev–Trinajstić information content (AvgIpc) is 3.51. The zero-order chi connectivity index (χ0) is 23.8. The van der Waals surface area contributed by atoms with Gasteiger partial charge in [-0.3, -0.25) is 0 Å². The Balaban J connectivity index is 1.51. The molecule has 5 heterocycles. The first kappa shape index (κ1) is 21.3. The van der Waals surface area contributed by atoms with Gasteiger partial charge in [0.05, 0.1) is 23.5 Å². The molecule has 0 radical (unpaired) electrons. The molecule has 1 aliphatic heterocycles. The molecule has 1 N–H and O–H groups in total. The summed E-state index contributed by atoms with van der Waals surface area (Å²) >= 11 is 0. The van der Waals surface area contributed by atoms with Gasteiger partial charge in [-0.25, -0.2) is 19.0 Å². The number of hydrogen-bond acceptors (Lipinski definition) is 6. The van der Waals surface area contributed by atoms with Crippen molar-refractivity contribution >= 4 is 17.4 Å². The van der Waals surface area contributed by atoms with E-state index in [0.29, 0.717) is 64.4 Å². The fourth-order valence-corrected chi connectivity index (χ4v) is 4.03. The number of nitrogens with zero attached hydrogens (tertiary/aromatic N) is 8. The lowest BCUT2D eigenvalue weighted by Crippen LogP contribution is -2.48. The first-order valence-electron chi connectivity index (χ1n) is 10.4. The van der Waals surface area contributed by atoms with Crippen LogP contribution in [0.25, 0.3) is 27.8 Å². The minimum absolute atomic E-state index is 0.374. The molecule has 0 atom stereocenters. The molecule has 4 aromatic heterocycles. The van der Waals surface area contributed by atoms with Crippen molar-refractivity contribution in [3.05, 3.63) is 54.7 Å². The molecule has 5 rings (SSSR count). The minimum Gasteiger partial charge on any atom is -0.465 e. The van der Waals surface area contributed by atoms with Gasteiger partial charge in [0.25, 0.3) is 0 Å². The zero-order valence-electron chi connectivity index (χ0n) is 17.7. The van der Waals surface area contributed by atoms with Crippen molar-refractivity contribution in [1.29, 1.82) is 5.26 Å². The molecule has 172 valence electrons. The van der Waals surface area contributed by atoms with Crippen LogP contribution in [-0.4, -0.2) is 66.7 Å². The Bertz CT molecular complexity index is 1400. The molecular weight excluding hydrogens is 446 g/mol. The summed E-state index contributed by atoms with van der Waals surface area (Å²) in [6.45, 7) is -0.882. The molecule has 0 saturated carbocycles. The van der Waals surface area contributed by atoms with Crippen LogP contribution >= 0.6 is 0 Å². The molecule has 0 bridgehead atoms. The minimum atomic E-state index is -2.75. The van der Waals surface area contributed by atoms with Crippen LogP contribution in [0, 0.1) is 11.3 Å². The van der Waals surface area contributed by atoms with E-state index < -0.39 is 12.6 Å². The van der Waals surface area contributed by atoms with Gasteiger partial charge < -0.3 is 14.9 Å². The van der Waals surface area contributed by atoms with E-state index in [-0.39, 0.29) is 0 Å². The molecule has 1 fully saturated rings. The Morgan fingerprint density at radius 1 is 1.03 bits per heavy atom. The van der Waals surface area contributed by atoms with E-state index in [1.807, 2.05) is 17.0 Å². The molecule has 12 heteroatoms. The second-order valence-electron chi connectivity index (χ2n) is 7.75. The number of carboxylic acid groups (broad SMARTS) is 1. The van der Waals surface area contributed by atoms with Gasteiger partial charge in [0.15, 0.2) is 0 Å². The van der Waals surface area contributed by atoms with Gasteiger partial charge in [0, 0.05) is 67.0 Å². The maximum absolute atomic E-state index is 13.0. The standard InChI is InChI=1S/C22H18F2N8O2/c23-21(24)32-13-17(11-28-32)15-7-18(20-16(8-25)10-27-31(20)12-15)14-1-2-19(26-9-14)29-3-5-30(6-4-29)22(33)34/h1-2,7,9-13,21H,3-6H2,(H,33,34). The van der Waals surface area contributed by atoms with Gasteiger partial charge in [-0.15, -0.1) is 0 Å². The number of anilines is 1. The Morgan fingerprint density at radius 2 is 1.82 bits per heavy atom. The van der Waals surface area contributed by atoms with E-state index in [1.54, 1.807) is 23.0 Å². The van der Waals surface area contributed by atoms with Crippen molar-refractivity contribution in [2.24, 2.45) is 0 Å². The van der Waals surface area contributed by atoms with Crippen molar-refractivity contribution in [3.8, 4) is 28.3 Å². The summed E-state index contributed by atoms with van der Waals surface area (Å²) in [5.41, 5.74) is 3.44. The lowest BCUT2D eigenvalue weighted by Gasteiger charge is -2.33. The number of piperazine rings is 1. The third kappa shape index (κ3) is 3.77. The van der Waals surface area contributed by atoms with Crippen molar-refractivity contribution in [1.82, 2.24) is 29.3 Å². The molecule has 0 spiro atoms. The van der Waals surface area contributed by atoms with Crippen LogP contribution in [0.1, 0.15) is 12.1 Å². The highest BCUT2D eigenvalue weighted by atomic mass is 19.3. The van der Waals surface area contributed by atoms with Crippen LogP contribution < -0.4 is 4.90 Å². The molecular formula is C22H18F2N8O2. The Labute approximate surface area is 191 Å². The molecule has 0 aliphatic carbocycles. The number of rotatable bonds is 4. The van der Waals surface area contributed by atoms with Crippen LogP contribution in [0.2, 0.25) is 0 Å². The Hall–Kier alpha value is -4.53. The quantitative estimate of drug-likeness (QED) is 0.493. The number of hydrogen-bond donors (Lipinski definition) is 1. The van der Waals surface area contributed by atoms with Gasteiger partial charge >= 0.3 is 12.6 Å². The number of alkyl halides is 2. The van der Waals surface area contributed by atoms with E-state index in [2.05, 4.69) is 21.3 Å². The van der Waals surface area contributed by atoms with Gasteiger partial charge in [-0.05, 0) is 18.2 Å². The van der Waals surface area contributed by atoms with E-state index >= 15 is 0 Å². The summed E-state index contributed by atoms with van der Waals surface area (Å²) in [4.78, 5) is 19.1. The number of halogens is 2. The average molecular weight is 464 g/mol. The van der Waals surface area contributed by atoms with Gasteiger partial charge in [0.1, 0.15) is 11.9 Å². The molecule has 4 aromatic rings. The molecule has 1 amide bonds. The van der Waals surface area contributed by atoms with Crippen molar-refractivity contribution in [2.45, 2.75) is 6.55 Å². The first-order chi connectivity index (χ1) is 16.4. The van der Waals surface area contributed by atoms with Crippen molar-refractivity contribution in [2.75, 3.05) is 31.1 Å². The molecule has 0 unspecified atom stereocenters. The van der Waals surface area contributed by atoms with Crippen LogP contribution in [0.4, 0.5) is 19.4 Å². The topological polar surface area (TPSA) is 116 Å². The molecule has 1 aliphatic rings. The predicted octanol–water partition coefficient (Wildman–Crippen LogP) is 3.33. The predicted molar refractivity (Wildman–Crippen MR) is 117 cm³/mol. The largest absolute Gasteiger partial charge is 0.465 e. The third-order valence-electron chi connectivity index (χ3n) is 5.80. The smallest absolute Gasteiger partial charge is 0.407 e. The van der Waals surface area contributed by atoms with E-state index in [4.69, 9.17) is 5.11 Å². The summed E-state index contributed by atoms with van der Waals surface area (Å²) < 4.78 is 28.1. The van der Waals surface area contributed by atoms with Gasteiger partial charge in [-0.1, -0.05) is 0 Å². The van der Waals surface area contributed by atoms with E-state index in [0.717, 1.165) is 5.56 Å².